The molecule has 1 saturated carbocycles. The molecule has 4 rings (SSSR count). The number of aromatic nitrogens is 3. The summed E-state index contributed by atoms with van der Waals surface area (Å²) in [6.45, 7) is 2.90. The van der Waals surface area contributed by atoms with Crippen molar-refractivity contribution < 1.29 is 4.74 Å². The largest absolute Gasteiger partial charge is 0.494 e. The number of nitrogens with two attached hydrogens (primary N) is 1. The van der Waals surface area contributed by atoms with Gasteiger partial charge in [-0.25, -0.2) is 9.97 Å². The fourth-order valence-corrected chi connectivity index (χ4v) is 3.31. The Kier molecular flexibility index (Phi) is 4.30. The van der Waals surface area contributed by atoms with Crippen LogP contribution in [0.15, 0.2) is 36.7 Å². The van der Waals surface area contributed by atoms with E-state index in [0.29, 0.717) is 11.7 Å². The van der Waals surface area contributed by atoms with Crippen molar-refractivity contribution in [3.8, 4) is 17.0 Å². The molecule has 0 unspecified atom stereocenters. The second-order valence-electron chi connectivity index (χ2n) is 6.71. The number of anilines is 1. The monoisotopic (exact) mass is 336 g/mol. The van der Waals surface area contributed by atoms with E-state index in [9.17, 15) is 0 Å². The minimum absolute atomic E-state index is 0.520. The molecule has 2 N–H and O–H groups in total. The minimum Gasteiger partial charge on any atom is -0.494 e. The van der Waals surface area contributed by atoms with Gasteiger partial charge in [-0.3, -0.25) is 4.40 Å². The van der Waals surface area contributed by atoms with Crippen molar-refractivity contribution >= 4 is 11.3 Å². The molecule has 1 fully saturated rings. The van der Waals surface area contributed by atoms with E-state index >= 15 is 0 Å². The first-order valence-corrected chi connectivity index (χ1v) is 9.13. The van der Waals surface area contributed by atoms with E-state index in [0.717, 1.165) is 47.8 Å². The molecule has 1 aliphatic rings. The van der Waals surface area contributed by atoms with E-state index in [1.807, 2.05) is 18.3 Å². The molecule has 0 radical (unpaired) electrons. The van der Waals surface area contributed by atoms with Crippen LogP contribution < -0.4 is 10.5 Å². The first-order valence-electron chi connectivity index (χ1n) is 9.13. The van der Waals surface area contributed by atoms with Crippen molar-refractivity contribution in [3.05, 3.63) is 42.5 Å². The van der Waals surface area contributed by atoms with Crippen molar-refractivity contribution in [2.75, 3.05) is 12.3 Å². The van der Waals surface area contributed by atoms with Crippen LogP contribution in [0.1, 0.15) is 50.8 Å². The van der Waals surface area contributed by atoms with Gasteiger partial charge < -0.3 is 10.5 Å². The molecule has 2 aromatic heterocycles. The standard InChI is InChI=1S/C20H24N4O/c1-2-3-12-25-16-9-5-8-15(13-16)17-18-19(21)22-10-11-24(18)20(23-17)14-6-4-7-14/h5,8-11,13-14H,2-4,6-7,12H2,1H3,(H2,21,22). The summed E-state index contributed by atoms with van der Waals surface area (Å²) >= 11 is 0. The number of ether oxygens (including phenoxy) is 1. The fraction of sp³-hybridized carbons (Fsp3) is 0.400. The number of nitrogen functional groups attached to an aromatic ring is 1. The second kappa shape index (κ2) is 6.75. The van der Waals surface area contributed by atoms with Gasteiger partial charge in [-0.15, -0.1) is 0 Å². The molecule has 130 valence electrons. The summed E-state index contributed by atoms with van der Waals surface area (Å²) in [5.74, 6) is 3.02. The van der Waals surface area contributed by atoms with E-state index in [4.69, 9.17) is 15.5 Å². The zero-order chi connectivity index (χ0) is 17.2. The molecule has 3 aromatic rings. The lowest BCUT2D eigenvalue weighted by Crippen LogP contribution is -2.12. The highest BCUT2D eigenvalue weighted by atomic mass is 16.5. The Morgan fingerprint density at radius 3 is 2.96 bits per heavy atom. The predicted octanol–water partition coefficient (Wildman–Crippen LogP) is 4.42. The number of benzene rings is 1. The molecular weight excluding hydrogens is 312 g/mol. The van der Waals surface area contributed by atoms with Crippen LogP contribution in [-0.4, -0.2) is 21.0 Å². The van der Waals surface area contributed by atoms with Crippen LogP contribution in [0, 0.1) is 0 Å². The van der Waals surface area contributed by atoms with Gasteiger partial charge in [0.25, 0.3) is 0 Å². The SMILES string of the molecule is CCCCOc1cccc(-c2nc(C3CCC3)n3ccnc(N)c23)c1. The Labute approximate surface area is 147 Å². The van der Waals surface area contributed by atoms with Gasteiger partial charge in [-0.1, -0.05) is 31.9 Å². The normalized spacial score (nSPS) is 14.6. The van der Waals surface area contributed by atoms with Gasteiger partial charge in [0.15, 0.2) is 0 Å². The molecule has 1 aromatic carbocycles. The maximum atomic E-state index is 6.20. The number of imidazole rings is 1. The Morgan fingerprint density at radius 1 is 1.32 bits per heavy atom. The van der Waals surface area contributed by atoms with E-state index in [1.54, 1.807) is 6.20 Å². The van der Waals surface area contributed by atoms with E-state index < -0.39 is 0 Å². The summed E-state index contributed by atoms with van der Waals surface area (Å²) in [6.07, 6.45) is 9.56. The summed E-state index contributed by atoms with van der Waals surface area (Å²) in [7, 11) is 0. The van der Waals surface area contributed by atoms with Gasteiger partial charge in [0.05, 0.1) is 6.61 Å². The zero-order valence-electron chi connectivity index (χ0n) is 14.6. The third-order valence-corrected chi connectivity index (χ3v) is 4.95. The van der Waals surface area contributed by atoms with Crippen molar-refractivity contribution in [2.24, 2.45) is 0 Å². The summed E-state index contributed by atoms with van der Waals surface area (Å²) in [4.78, 5) is 9.25. The van der Waals surface area contributed by atoms with Crippen LogP contribution in [0.2, 0.25) is 0 Å². The first kappa shape index (κ1) is 15.9. The molecule has 0 spiro atoms. The highest BCUT2D eigenvalue weighted by Gasteiger charge is 2.26. The summed E-state index contributed by atoms with van der Waals surface area (Å²) in [6, 6.07) is 8.12. The van der Waals surface area contributed by atoms with Crippen LogP contribution in [0.3, 0.4) is 0 Å². The van der Waals surface area contributed by atoms with Crippen molar-refractivity contribution in [1.29, 1.82) is 0 Å². The molecule has 0 atom stereocenters. The lowest BCUT2D eigenvalue weighted by atomic mass is 9.85. The molecule has 5 nitrogen and oxygen atoms in total. The molecule has 0 saturated heterocycles. The van der Waals surface area contributed by atoms with Gasteiger partial charge in [0.2, 0.25) is 0 Å². The second-order valence-corrected chi connectivity index (χ2v) is 6.71. The summed E-state index contributed by atoms with van der Waals surface area (Å²) in [5.41, 5.74) is 9.02. The van der Waals surface area contributed by atoms with Crippen LogP contribution in [0.4, 0.5) is 5.82 Å². The van der Waals surface area contributed by atoms with Crippen molar-refractivity contribution in [3.63, 3.8) is 0 Å². The average molecular weight is 336 g/mol. The Hall–Kier alpha value is -2.56. The van der Waals surface area contributed by atoms with Gasteiger partial charge in [-0.2, -0.15) is 0 Å². The summed E-state index contributed by atoms with van der Waals surface area (Å²) < 4.78 is 7.97. The molecule has 25 heavy (non-hydrogen) atoms. The number of nitrogens with zero attached hydrogens (tertiary/aromatic N) is 3. The third kappa shape index (κ3) is 2.95. The molecule has 0 bridgehead atoms. The van der Waals surface area contributed by atoms with E-state index in [2.05, 4.69) is 28.4 Å². The van der Waals surface area contributed by atoms with Crippen molar-refractivity contribution in [1.82, 2.24) is 14.4 Å². The molecule has 5 heteroatoms. The molecular formula is C20H24N4O. The quantitative estimate of drug-likeness (QED) is 0.677. The Morgan fingerprint density at radius 2 is 2.20 bits per heavy atom. The van der Waals surface area contributed by atoms with Crippen LogP contribution in [-0.2, 0) is 0 Å². The molecule has 2 heterocycles. The average Bonchev–Trinajstić information content (AvgIpc) is 2.95. The van der Waals surface area contributed by atoms with E-state index in [1.165, 1.54) is 19.3 Å². The Balaban J connectivity index is 1.77. The van der Waals surface area contributed by atoms with Gasteiger partial charge in [0.1, 0.15) is 28.6 Å². The van der Waals surface area contributed by atoms with Gasteiger partial charge >= 0.3 is 0 Å². The Bertz CT molecular complexity index is 883. The van der Waals surface area contributed by atoms with Crippen LogP contribution >= 0.6 is 0 Å². The highest BCUT2D eigenvalue weighted by molar-refractivity contribution is 5.85. The van der Waals surface area contributed by atoms with Crippen LogP contribution in [0.25, 0.3) is 16.8 Å². The molecule has 0 aliphatic heterocycles. The van der Waals surface area contributed by atoms with Gasteiger partial charge in [-0.05, 0) is 31.4 Å². The zero-order valence-corrected chi connectivity index (χ0v) is 14.6. The lowest BCUT2D eigenvalue weighted by Gasteiger charge is -2.23. The first-order chi connectivity index (χ1) is 12.3. The number of unbranched alkanes of at least 4 members (excludes halogenated alkanes) is 1. The maximum Gasteiger partial charge on any atom is 0.150 e. The topological polar surface area (TPSA) is 65.4 Å². The number of rotatable bonds is 6. The smallest absolute Gasteiger partial charge is 0.150 e. The third-order valence-electron chi connectivity index (χ3n) is 4.95. The van der Waals surface area contributed by atoms with Crippen molar-refractivity contribution in [2.45, 2.75) is 44.9 Å². The number of fused-ring (bicyclic) bond motifs is 1. The lowest BCUT2D eigenvalue weighted by molar-refractivity contribution is 0.309. The van der Waals surface area contributed by atoms with Crippen LogP contribution in [0.5, 0.6) is 5.75 Å². The summed E-state index contributed by atoms with van der Waals surface area (Å²) in [5, 5.41) is 0. The van der Waals surface area contributed by atoms with E-state index in [-0.39, 0.29) is 0 Å². The molecule has 1 aliphatic carbocycles. The maximum absolute atomic E-state index is 6.20. The molecule has 0 amide bonds. The number of hydrogen-bond donors (Lipinski definition) is 1. The minimum atomic E-state index is 0.520. The number of hydrogen-bond acceptors (Lipinski definition) is 4. The fourth-order valence-electron chi connectivity index (χ4n) is 3.31. The predicted molar refractivity (Wildman–Crippen MR) is 99.8 cm³/mol. The van der Waals surface area contributed by atoms with Gasteiger partial charge in [0, 0.05) is 23.9 Å². The highest BCUT2D eigenvalue weighted by Crippen LogP contribution is 2.39.